The summed E-state index contributed by atoms with van der Waals surface area (Å²) in [6.45, 7) is 6.90. The molecular weight excluding hydrogens is 332 g/mol. The summed E-state index contributed by atoms with van der Waals surface area (Å²) in [6.07, 6.45) is 4.53. The average molecular weight is 362 g/mol. The van der Waals surface area contributed by atoms with Gasteiger partial charge >= 0.3 is 0 Å². The predicted octanol–water partition coefficient (Wildman–Crippen LogP) is 2.91. The molecule has 1 fully saturated rings. The molecule has 0 spiro atoms. The second-order valence-corrected chi connectivity index (χ2v) is 6.65. The van der Waals surface area contributed by atoms with Crippen molar-refractivity contribution in [2.24, 2.45) is 5.92 Å². The number of benzene rings is 1. The summed E-state index contributed by atoms with van der Waals surface area (Å²) in [5.41, 5.74) is 0.440. The summed E-state index contributed by atoms with van der Waals surface area (Å²) in [5.74, 6) is 1.18. The minimum Gasteiger partial charge on any atom is -0.490 e. The molecule has 2 unspecified atom stereocenters. The van der Waals surface area contributed by atoms with Crippen molar-refractivity contribution in [1.82, 2.24) is 10.6 Å². The van der Waals surface area contributed by atoms with Crippen LogP contribution in [0.15, 0.2) is 18.2 Å². The van der Waals surface area contributed by atoms with E-state index in [1.165, 1.54) is 6.42 Å². The number of rotatable bonds is 8. The highest BCUT2D eigenvalue weighted by Crippen LogP contribution is 2.28. The average Bonchev–Trinajstić information content (AvgIpc) is 2.63. The molecule has 144 valence electrons. The summed E-state index contributed by atoms with van der Waals surface area (Å²) < 4.78 is 11.0. The summed E-state index contributed by atoms with van der Waals surface area (Å²) in [5, 5.41) is 5.71. The van der Waals surface area contributed by atoms with Crippen molar-refractivity contribution in [3.05, 3.63) is 23.8 Å². The molecule has 0 heterocycles. The van der Waals surface area contributed by atoms with Crippen LogP contribution in [0, 0.1) is 5.92 Å². The zero-order valence-corrected chi connectivity index (χ0v) is 16.0. The van der Waals surface area contributed by atoms with Gasteiger partial charge in [0, 0.05) is 11.6 Å². The van der Waals surface area contributed by atoms with E-state index in [9.17, 15) is 9.59 Å². The van der Waals surface area contributed by atoms with Gasteiger partial charge in [0.05, 0.1) is 19.8 Å². The lowest BCUT2D eigenvalue weighted by molar-refractivity contribution is -0.121. The molecule has 1 aromatic rings. The molecule has 2 atom stereocenters. The topological polar surface area (TPSA) is 76.7 Å². The normalized spacial score (nSPS) is 19.5. The molecule has 26 heavy (non-hydrogen) atoms. The number of nitrogens with one attached hydrogen (secondary N) is 2. The minimum absolute atomic E-state index is 0.0285. The number of hydrogen-bond acceptors (Lipinski definition) is 4. The Morgan fingerprint density at radius 3 is 2.46 bits per heavy atom. The molecule has 0 bridgehead atoms. The number of carbonyl (C=O) groups excluding carboxylic acids is 2. The van der Waals surface area contributed by atoms with Gasteiger partial charge in [-0.25, -0.2) is 0 Å². The van der Waals surface area contributed by atoms with Gasteiger partial charge in [0.25, 0.3) is 5.91 Å². The molecule has 0 radical (unpaired) electrons. The zero-order valence-electron chi connectivity index (χ0n) is 16.0. The molecule has 0 saturated heterocycles. The first kappa shape index (κ1) is 20.1. The highest BCUT2D eigenvalue weighted by atomic mass is 16.5. The highest BCUT2D eigenvalue weighted by molar-refractivity contribution is 5.97. The lowest BCUT2D eigenvalue weighted by Crippen LogP contribution is -2.45. The van der Waals surface area contributed by atoms with E-state index in [4.69, 9.17) is 9.47 Å². The fourth-order valence-electron chi connectivity index (χ4n) is 3.24. The van der Waals surface area contributed by atoms with Crippen LogP contribution in [0.4, 0.5) is 0 Å². The molecule has 0 aromatic heterocycles. The molecule has 1 saturated carbocycles. The van der Waals surface area contributed by atoms with E-state index in [2.05, 4.69) is 17.6 Å². The third kappa shape index (κ3) is 5.64. The Hall–Kier alpha value is -2.24. The van der Waals surface area contributed by atoms with E-state index in [-0.39, 0.29) is 24.4 Å². The van der Waals surface area contributed by atoms with Crippen molar-refractivity contribution >= 4 is 11.8 Å². The van der Waals surface area contributed by atoms with Crippen molar-refractivity contribution in [3.63, 3.8) is 0 Å². The van der Waals surface area contributed by atoms with E-state index in [0.29, 0.717) is 36.2 Å². The molecule has 1 aliphatic carbocycles. The molecule has 0 aliphatic heterocycles. The van der Waals surface area contributed by atoms with Gasteiger partial charge in [-0.15, -0.1) is 0 Å². The Labute approximate surface area is 155 Å². The SMILES string of the molecule is CCOc1ccc(C(=O)NCC(=O)NC2CCCCC2C)cc1OCC. The van der Waals surface area contributed by atoms with Crippen molar-refractivity contribution in [1.29, 1.82) is 0 Å². The fourth-order valence-corrected chi connectivity index (χ4v) is 3.24. The van der Waals surface area contributed by atoms with Crippen LogP contribution in [0.25, 0.3) is 0 Å². The Morgan fingerprint density at radius 2 is 1.77 bits per heavy atom. The Morgan fingerprint density at radius 1 is 1.08 bits per heavy atom. The van der Waals surface area contributed by atoms with Gasteiger partial charge in [0.15, 0.2) is 11.5 Å². The Balaban J connectivity index is 1.90. The molecule has 1 aliphatic rings. The molecule has 2 amide bonds. The maximum Gasteiger partial charge on any atom is 0.251 e. The van der Waals surface area contributed by atoms with E-state index in [0.717, 1.165) is 19.3 Å². The molecule has 6 heteroatoms. The maximum absolute atomic E-state index is 12.3. The van der Waals surface area contributed by atoms with Crippen LogP contribution in [0.5, 0.6) is 11.5 Å². The van der Waals surface area contributed by atoms with Crippen LogP contribution in [0.1, 0.15) is 56.8 Å². The quantitative estimate of drug-likeness (QED) is 0.745. The van der Waals surface area contributed by atoms with E-state index < -0.39 is 0 Å². The van der Waals surface area contributed by atoms with Gasteiger partial charge < -0.3 is 20.1 Å². The third-order valence-corrected chi connectivity index (χ3v) is 4.67. The van der Waals surface area contributed by atoms with Gasteiger partial charge in [-0.2, -0.15) is 0 Å². The highest BCUT2D eigenvalue weighted by Gasteiger charge is 2.23. The van der Waals surface area contributed by atoms with Gasteiger partial charge in [-0.1, -0.05) is 19.8 Å². The minimum atomic E-state index is -0.305. The van der Waals surface area contributed by atoms with Crippen LogP contribution < -0.4 is 20.1 Å². The lowest BCUT2D eigenvalue weighted by Gasteiger charge is -2.29. The Bertz CT molecular complexity index is 618. The largest absolute Gasteiger partial charge is 0.490 e. The van der Waals surface area contributed by atoms with E-state index in [1.807, 2.05) is 13.8 Å². The predicted molar refractivity (Wildman–Crippen MR) is 101 cm³/mol. The molecule has 2 N–H and O–H groups in total. The first-order valence-electron chi connectivity index (χ1n) is 9.52. The lowest BCUT2D eigenvalue weighted by atomic mass is 9.86. The van der Waals surface area contributed by atoms with Gasteiger partial charge in [0.1, 0.15) is 0 Å². The number of amides is 2. The molecule has 6 nitrogen and oxygen atoms in total. The van der Waals surface area contributed by atoms with Crippen molar-refractivity contribution in [2.45, 2.75) is 52.5 Å². The number of hydrogen-bond donors (Lipinski definition) is 2. The van der Waals surface area contributed by atoms with Crippen molar-refractivity contribution in [3.8, 4) is 11.5 Å². The second kappa shape index (κ2) is 10.0. The number of ether oxygens (including phenoxy) is 2. The summed E-state index contributed by atoms with van der Waals surface area (Å²) >= 11 is 0. The summed E-state index contributed by atoms with van der Waals surface area (Å²) in [6, 6.07) is 5.24. The van der Waals surface area contributed by atoms with Crippen molar-refractivity contribution < 1.29 is 19.1 Å². The van der Waals surface area contributed by atoms with Crippen LogP contribution in [0.3, 0.4) is 0 Å². The zero-order chi connectivity index (χ0) is 18.9. The Kier molecular flexibility index (Phi) is 7.75. The van der Waals surface area contributed by atoms with Gasteiger partial charge in [-0.3, -0.25) is 9.59 Å². The number of carbonyl (C=O) groups is 2. The molecule has 2 rings (SSSR count). The van der Waals surface area contributed by atoms with Gasteiger partial charge in [0.2, 0.25) is 5.91 Å². The van der Waals surface area contributed by atoms with E-state index in [1.54, 1.807) is 18.2 Å². The first-order chi connectivity index (χ1) is 12.5. The monoisotopic (exact) mass is 362 g/mol. The summed E-state index contributed by atoms with van der Waals surface area (Å²) in [4.78, 5) is 24.5. The fraction of sp³-hybridized carbons (Fsp3) is 0.600. The third-order valence-electron chi connectivity index (χ3n) is 4.67. The summed E-state index contributed by atoms with van der Waals surface area (Å²) in [7, 11) is 0. The van der Waals surface area contributed by atoms with Crippen LogP contribution >= 0.6 is 0 Å². The molecule has 1 aromatic carbocycles. The smallest absolute Gasteiger partial charge is 0.251 e. The van der Waals surface area contributed by atoms with Crippen LogP contribution in [-0.4, -0.2) is 37.6 Å². The van der Waals surface area contributed by atoms with Crippen molar-refractivity contribution in [2.75, 3.05) is 19.8 Å². The maximum atomic E-state index is 12.3. The standard InChI is InChI=1S/C20H30N2O4/c1-4-25-17-11-10-15(12-18(17)26-5-2)20(24)21-13-19(23)22-16-9-7-6-8-14(16)3/h10-12,14,16H,4-9,13H2,1-3H3,(H,21,24)(H,22,23). The van der Waals surface area contributed by atoms with Crippen LogP contribution in [0.2, 0.25) is 0 Å². The first-order valence-corrected chi connectivity index (χ1v) is 9.52. The second-order valence-electron chi connectivity index (χ2n) is 6.65. The van der Waals surface area contributed by atoms with Gasteiger partial charge in [-0.05, 0) is 50.8 Å². The molecular formula is C20H30N2O4. The van der Waals surface area contributed by atoms with Crippen LogP contribution in [-0.2, 0) is 4.79 Å². The van der Waals surface area contributed by atoms with E-state index >= 15 is 0 Å².